The standard InChI is InChI=1S/C29H37N3O6/c1-5-6-17-23(25(33)26(34)30-20(2)21-13-9-7-10-14-21)31-27(35)38-24-18-32(19-29(24,3)4)28(36)37-22-15-11-8-12-16-22/h7-16,20,23-24H,5-6,17-19H2,1-4H3,(H,30,34)(H,31,35)/t20-,23+,24+/m1/s1. The predicted molar refractivity (Wildman–Crippen MR) is 143 cm³/mol. The van der Waals surface area contributed by atoms with E-state index in [0.717, 1.165) is 12.0 Å². The van der Waals surface area contributed by atoms with Crippen LogP contribution in [0.4, 0.5) is 9.59 Å². The Bertz CT molecular complexity index is 1110. The van der Waals surface area contributed by atoms with E-state index in [4.69, 9.17) is 9.47 Å². The molecule has 1 saturated heterocycles. The van der Waals surface area contributed by atoms with E-state index in [0.29, 0.717) is 25.1 Å². The van der Waals surface area contributed by atoms with Crippen molar-refractivity contribution in [2.75, 3.05) is 13.1 Å². The highest BCUT2D eigenvalue weighted by molar-refractivity contribution is 6.38. The van der Waals surface area contributed by atoms with Crippen molar-refractivity contribution < 1.29 is 28.7 Å². The average Bonchev–Trinajstić information content (AvgIpc) is 3.20. The summed E-state index contributed by atoms with van der Waals surface area (Å²) in [6, 6.07) is 16.7. The number of hydrogen-bond donors (Lipinski definition) is 2. The van der Waals surface area contributed by atoms with E-state index in [1.165, 1.54) is 4.90 Å². The number of carbonyl (C=O) groups is 4. The minimum Gasteiger partial charge on any atom is -0.444 e. The van der Waals surface area contributed by atoms with Crippen LogP contribution in [0.1, 0.15) is 58.6 Å². The maximum atomic E-state index is 13.0. The quantitative estimate of drug-likeness (QED) is 0.439. The number of alkyl carbamates (subject to hydrolysis) is 1. The first-order valence-corrected chi connectivity index (χ1v) is 13.0. The number of likely N-dealkylation sites (tertiary alicyclic amines) is 1. The Labute approximate surface area is 223 Å². The number of nitrogens with one attached hydrogen (secondary N) is 2. The Kier molecular flexibility index (Phi) is 9.87. The summed E-state index contributed by atoms with van der Waals surface area (Å²) in [5, 5.41) is 5.30. The second-order valence-corrected chi connectivity index (χ2v) is 10.3. The Morgan fingerprint density at radius 2 is 1.63 bits per heavy atom. The molecule has 0 saturated carbocycles. The molecule has 0 aliphatic carbocycles. The number of nitrogens with zero attached hydrogens (tertiary/aromatic N) is 1. The van der Waals surface area contributed by atoms with Crippen molar-refractivity contribution in [1.29, 1.82) is 0 Å². The number of para-hydroxylation sites is 1. The maximum Gasteiger partial charge on any atom is 0.415 e. The first-order chi connectivity index (χ1) is 18.1. The lowest BCUT2D eigenvalue weighted by Crippen LogP contribution is -2.49. The molecule has 0 unspecified atom stereocenters. The lowest BCUT2D eigenvalue weighted by molar-refractivity contribution is -0.139. The third kappa shape index (κ3) is 7.81. The van der Waals surface area contributed by atoms with Gasteiger partial charge in [-0.3, -0.25) is 9.59 Å². The van der Waals surface area contributed by atoms with E-state index in [1.54, 1.807) is 31.2 Å². The number of carbonyl (C=O) groups excluding carboxylic acids is 4. The molecule has 2 aromatic carbocycles. The largest absolute Gasteiger partial charge is 0.444 e. The Morgan fingerprint density at radius 1 is 1.00 bits per heavy atom. The molecule has 3 atom stereocenters. The van der Waals surface area contributed by atoms with Crippen LogP contribution in [0, 0.1) is 5.41 Å². The second-order valence-electron chi connectivity index (χ2n) is 10.3. The molecule has 0 bridgehead atoms. The molecule has 2 aromatic rings. The fourth-order valence-corrected chi connectivity index (χ4v) is 4.33. The topological polar surface area (TPSA) is 114 Å². The predicted octanol–water partition coefficient (Wildman–Crippen LogP) is 4.63. The van der Waals surface area contributed by atoms with E-state index >= 15 is 0 Å². The van der Waals surface area contributed by atoms with Gasteiger partial charge >= 0.3 is 12.2 Å². The maximum absolute atomic E-state index is 13.0. The van der Waals surface area contributed by atoms with Crippen molar-refractivity contribution in [3.63, 3.8) is 0 Å². The zero-order valence-electron chi connectivity index (χ0n) is 22.4. The molecule has 1 heterocycles. The molecular weight excluding hydrogens is 486 g/mol. The van der Waals surface area contributed by atoms with Crippen LogP contribution in [-0.4, -0.2) is 54.0 Å². The smallest absolute Gasteiger partial charge is 0.415 e. The molecule has 9 nitrogen and oxygen atoms in total. The Morgan fingerprint density at radius 3 is 2.26 bits per heavy atom. The highest BCUT2D eigenvalue weighted by Crippen LogP contribution is 2.32. The zero-order valence-corrected chi connectivity index (χ0v) is 22.4. The van der Waals surface area contributed by atoms with Gasteiger partial charge in [0.15, 0.2) is 0 Å². The van der Waals surface area contributed by atoms with Gasteiger partial charge in [0, 0.05) is 12.0 Å². The Hall–Kier alpha value is -3.88. The zero-order chi connectivity index (χ0) is 27.7. The van der Waals surface area contributed by atoms with E-state index in [2.05, 4.69) is 10.6 Å². The van der Waals surface area contributed by atoms with Gasteiger partial charge in [-0.2, -0.15) is 0 Å². The van der Waals surface area contributed by atoms with Gasteiger partial charge in [0.1, 0.15) is 17.9 Å². The minimum atomic E-state index is -1.02. The molecule has 1 fully saturated rings. The summed E-state index contributed by atoms with van der Waals surface area (Å²) >= 11 is 0. The average molecular weight is 524 g/mol. The monoisotopic (exact) mass is 523 g/mol. The second kappa shape index (κ2) is 13.1. The number of unbranched alkanes of at least 4 members (excludes halogenated alkanes) is 1. The molecule has 9 heteroatoms. The van der Waals surface area contributed by atoms with Gasteiger partial charge in [0.25, 0.3) is 5.91 Å². The summed E-state index contributed by atoms with van der Waals surface area (Å²) in [6.07, 6.45) is -0.222. The van der Waals surface area contributed by atoms with Crippen molar-refractivity contribution in [2.45, 2.75) is 65.1 Å². The third-order valence-corrected chi connectivity index (χ3v) is 6.64. The molecule has 3 amide bonds. The van der Waals surface area contributed by atoms with Crippen molar-refractivity contribution in [2.24, 2.45) is 5.41 Å². The first-order valence-electron chi connectivity index (χ1n) is 13.0. The van der Waals surface area contributed by atoms with Gasteiger partial charge in [-0.15, -0.1) is 0 Å². The van der Waals surface area contributed by atoms with Crippen LogP contribution in [0.25, 0.3) is 0 Å². The summed E-state index contributed by atoms with van der Waals surface area (Å²) < 4.78 is 11.1. The number of Topliss-reactive ketones (excluding diaryl/α,β-unsaturated/α-hetero) is 1. The van der Waals surface area contributed by atoms with Crippen LogP contribution in [0.15, 0.2) is 60.7 Å². The van der Waals surface area contributed by atoms with Gasteiger partial charge in [-0.05, 0) is 31.0 Å². The number of ketones is 1. The summed E-state index contributed by atoms with van der Waals surface area (Å²) in [5.41, 5.74) is 0.322. The third-order valence-electron chi connectivity index (χ3n) is 6.64. The van der Waals surface area contributed by atoms with Gasteiger partial charge in [0.05, 0.1) is 12.6 Å². The number of amides is 3. The van der Waals surface area contributed by atoms with Crippen LogP contribution in [-0.2, 0) is 14.3 Å². The van der Waals surface area contributed by atoms with E-state index < -0.39 is 41.4 Å². The van der Waals surface area contributed by atoms with Gasteiger partial charge < -0.3 is 25.0 Å². The van der Waals surface area contributed by atoms with Crippen LogP contribution in [0.5, 0.6) is 5.75 Å². The van der Waals surface area contributed by atoms with Crippen molar-refractivity contribution in [1.82, 2.24) is 15.5 Å². The highest BCUT2D eigenvalue weighted by Gasteiger charge is 2.45. The van der Waals surface area contributed by atoms with Gasteiger partial charge in [-0.1, -0.05) is 82.1 Å². The van der Waals surface area contributed by atoms with Crippen LogP contribution in [0.3, 0.4) is 0 Å². The minimum absolute atomic E-state index is 0.148. The number of hydrogen-bond acceptors (Lipinski definition) is 6. The van der Waals surface area contributed by atoms with E-state index in [-0.39, 0.29) is 12.6 Å². The van der Waals surface area contributed by atoms with Gasteiger partial charge in [-0.25, -0.2) is 9.59 Å². The lowest BCUT2D eigenvalue weighted by atomic mass is 9.90. The SMILES string of the molecule is CCCC[C@H](NC(=O)O[C@H]1CN(C(=O)Oc2ccccc2)CC1(C)C)C(=O)C(=O)N[C@H](C)c1ccccc1. The van der Waals surface area contributed by atoms with Crippen molar-refractivity contribution >= 4 is 23.9 Å². The van der Waals surface area contributed by atoms with E-state index in [1.807, 2.05) is 57.2 Å². The number of benzene rings is 2. The molecule has 2 N–H and O–H groups in total. The molecule has 204 valence electrons. The highest BCUT2D eigenvalue weighted by atomic mass is 16.6. The number of ether oxygens (including phenoxy) is 2. The van der Waals surface area contributed by atoms with Gasteiger partial charge in [0.2, 0.25) is 5.78 Å². The van der Waals surface area contributed by atoms with E-state index in [9.17, 15) is 19.2 Å². The molecule has 1 aliphatic rings. The molecule has 38 heavy (non-hydrogen) atoms. The summed E-state index contributed by atoms with van der Waals surface area (Å²) in [6.45, 7) is 8.00. The molecule has 3 rings (SSSR count). The molecule has 0 spiro atoms. The lowest BCUT2D eigenvalue weighted by Gasteiger charge is -2.26. The molecule has 1 aliphatic heterocycles. The fraction of sp³-hybridized carbons (Fsp3) is 0.448. The summed E-state index contributed by atoms with van der Waals surface area (Å²) in [5.74, 6) is -1.06. The van der Waals surface area contributed by atoms with Crippen LogP contribution >= 0.6 is 0 Å². The molecular formula is C29H37N3O6. The summed E-state index contributed by atoms with van der Waals surface area (Å²) in [7, 11) is 0. The fourth-order valence-electron chi connectivity index (χ4n) is 4.33. The van der Waals surface area contributed by atoms with Crippen molar-refractivity contribution in [3.05, 3.63) is 66.2 Å². The summed E-state index contributed by atoms with van der Waals surface area (Å²) in [4.78, 5) is 52.7. The van der Waals surface area contributed by atoms with Crippen LogP contribution < -0.4 is 15.4 Å². The molecule has 0 aromatic heterocycles. The molecule has 0 radical (unpaired) electrons. The normalized spacial score (nSPS) is 17.7. The Balaban J connectivity index is 1.59. The number of rotatable bonds is 10. The van der Waals surface area contributed by atoms with Crippen LogP contribution in [0.2, 0.25) is 0 Å². The van der Waals surface area contributed by atoms with Crippen molar-refractivity contribution in [3.8, 4) is 5.75 Å². The first kappa shape index (κ1) is 28.7.